The Morgan fingerprint density at radius 1 is 1.30 bits per heavy atom. The molecule has 23 heavy (non-hydrogen) atoms. The lowest BCUT2D eigenvalue weighted by Gasteiger charge is -2.28. The summed E-state index contributed by atoms with van der Waals surface area (Å²) in [5.74, 6) is 1.19. The molecule has 0 amide bonds. The molecule has 0 aromatic heterocycles. The van der Waals surface area contributed by atoms with E-state index in [4.69, 9.17) is 18.9 Å². The van der Waals surface area contributed by atoms with Crippen molar-refractivity contribution in [1.82, 2.24) is 0 Å². The Morgan fingerprint density at radius 3 is 2.74 bits per heavy atom. The average Bonchev–Trinajstić information content (AvgIpc) is 3.10. The Morgan fingerprint density at radius 2 is 2.04 bits per heavy atom. The number of hydrogen-bond donors (Lipinski definition) is 0. The molecule has 1 fully saturated rings. The number of halogens is 1. The third kappa shape index (κ3) is 3.64. The van der Waals surface area contributed by atoms with Gasteiger partial charge < -0.3 is 18.9 Å². The minimum Gasteiger partial charge on any atom is -0.454 e. The maximum atomic E-state index is 13.1. The van der Waals surface area contributed by atoms with E-state index in [2.05, 4.69) is 22.6 Å². The fourth-order valence-corrected chi connectivity index (χ4v) is 3.63. The van der Waals surface area contributed by atoms with E-state index in [1.165, 1.54) is 0 Å². The minimum atomic E-state index is -0.507. The van der Waals surface area contributed by atoms with Gasteiger partial charge in [-0.15, -0.1) is 0 Å². The van der Waals surface area contributed by atoms with Crippen LogP contribution in [0.25, 0.3) is 0 Å². The molecule has 126 valence electrons. The van der Waals surface area contributed by atoms with Gasteiger partial charge in [0.1, 0.15) is 0 Å². The molecule has 0 radical (unpaired) electrons. The monoisotopic (exact) mass is 432 g/mol. The lowest BCUT2D eigenvalue weighted by molar-refractivity contribution is -0.181. The first-order valence-electron chi connectivity index (χ1n) is 7.68. The predicted octanol–water partition coefficient (Wildman–Crippen LogP) is 3.44. The molecule has 6 heteroatoms. The quantitative estimate of drug-likeness (QED) is 0.415. The van der Waals surface area contributed by atoms with Crippen molar-refractivity contribution in [2.45, 2.75) is 32.7 Å². The van der Waals surface area contributed by atoms with Crippen LogP contribution in [0.3, 0.4) is 0 Å². The van der Waals surface area contributed by atoms with Crippen molar-refractivity contribution in [1.29, 1.82) is 0 Å². The summed E-state index contributed by atoms with van der Waals surface area (Å²) in [4.78, 5) is 13.1. The number of alkyl halides is 1. The van der Waals surface area contributed by atoms with Crippen LogP contribution in [0.1, 0.15) is 31.1 Å². The molecule has 1 aromatic rings. The van der Waals surface area contributed by atoms with E-state index >= 15 is 0 Å². The summed E-state index contributed by atoms with van der Waals surface area (Å²) in [6.45, 7) is 6.65. The molecule has 2 aliphatic heterocycles. The molecule has 5 nitrogen and oxygen atoms in total. The number of benzene rings is 1. The van der Waals surface area contributed by atoms with Crippen LogP contribution in [0.2, 0.25) is 0 Å². The number of ketones is 1. The summed E-state index contributed by atoms with van der Waals surface area (Å²) in [6, 6.07) is 5.32. The number of Topliss-reactive ketones (excluding diaryl/α,β-unsaturated/α-hetero) is 1. The van der Waals surface area contributed by atoms with E-state index < -0.39 is 6.29 Å². The second-order valence-corrected chi connectivity index (χ2v) is 7.69. The highest BCUT2D eigenvalue weighted by Gasteiger charge is 2.44. The molecule has 2 heterocycles. The third-order valence-electron chi connectivity index (χ3n) is 3.90. The molecule has 0 spiro atoms. The second kappa shape index (κ2) is 6.57. The summed E-state index contributed by atoms with van der Waals surface area (Å²) in [6.07, 6.45) is -0.507. The molecule has 0 unspecified atom stereocenters. The van der Waals surface area contributed by atoms with E-state index in [1.54, 1.807) is 18.2 Å². The maximum Gasteiger partial charge on any atom is 0.231 e. The highest BCUT2D eigenvalue weighted by molar-refractivity contribution is 14.1. The van der Waals surface area contributed by atoms with Gasteiger partial charge in [0.05, 0.1) is 18.1 Å². The van der Waals surface area contributed by atoms with Crippen molar-refractivity contribution in [3.8, 4) is 11.5 Å². The molecule has 0 aliphatic carbocycles. The number of rotatable bonds is 4. The van der Waals surface area contributed by atoms with Gasteiger partial charge in [-0.25, -0.2) is 0 Å². The number of fused-ring (bicyclic) bond motifs is 1. The zero-order valence-electron chi connectivity index (χ0n) is 13.5. The fourth-order valence-electron chi connectivity index (χ4n) is 2.82. The van der Waals surface area contributed by atoms with E-state index in [-0.39, 0.29) is 30.0 Å². The molecule has 0 saturated carbocycles. The van der Waals surface area contributed by atoms with Gasteiger partial charge in [-0.05, 0) is 39.0 Å². The first-order chi connectivity index (χ1) is 10.9. The number of carbonyl (C=O) groups excluding carboxylic acids is 1. The Bertz CT molecular complexity index is 595. The van der Waals surface area contributed by atoms with Crippen molar-refractivity contribution in [2.75, 3.05) is 17.8 Å². The molecular weight excluding hydrogens is 411 g/mol. The Labute approximate surface area is 149 Å². The number of hydrogen-bond acceptors (Lipinski definition) is 5. The van der Waals surface area contributed by atoms with Crippen LogP contribution in [0.4, 0.5) is 0 Å². The molecular formula is C17H21IO5. The molecule has 0 N–H and O–H groups in total. The highest BCUT2D eigenvalue weighted by Crippen LogP contribution is 2.37. The topological polar surface area (TPSA) is 54.0 Å². The van der Waals surface area contributed by atoms with Crippen LogP contribution in [-0.4, -0.2) is 35.5 Å². The number of carbonyl (C=O) groups is 1. The molecule has 3 atom stereocenters. The summed E-state index contributed by atoms with van der Waals surface area (Å²) >= 11 is 2.30. The Balaban J connectivity index is 1.85. The summed E-state index contributed by atoms with van der Waals surface area (Å²) in [5, 5.41) is 0. The van der Waals surface area contributed by atoms with Crippen LogP contribution in [-0.2, 0) is 9.47 Å². The zero-order chi connectivity index (χ0) is 16.6. The van der Waals surface area contributed by atoms with Gasteiger partial charge in [0, 0.05) is 15.9 Å². The van der Waals surface area contributed by atoms with Crippen LogP contribution in [0, 0.1) is 11.8 Å². The lowest BCUT2D eigenvalue weighted by Crippen LogP contribution is -2.36. The Hall–Kier alpha value is -0.860. The van der Waals surface area contributed by atoms with Gasteiger partial charge in [0.2, 0.25) is 6.79 Å². The van der Waals surface area contributed by atoms with Crippen molar-refractivity contribution in [2.24, 2.45) is 11.8 Å². The smallest absolute Gasteiger partial charge is 0.231 e. The molecule has 3 rings (SSSR count). The average molecular weight is 432 g/mol. The predicted molar refractivity (Wildman–Crippen MR) is 93.3 cm³/mol. The number of ether oxygens (including phenoxy) is 4. The van der Waals surface area contributed by atoms with Crippen molar-refractivity contribution < 1.29 is 23.7 Å². The highest BCUT2D eigenvalue weighted by atomic mass is 127. The van der Waals surface area contributed by atoms with Gasteiger partial charge in [-0.2, -0.15) is 0 Å². The molecule has 0 bridgehead atoms. The summed E-state index contributed by atoms with van der Waals surface area (Å²) in [5.41, 5.74) is 0.250. The van der Waals surface area contributed by atoms with Gasteiger partial charge in [-0.1, -0.05) is 22.6 Å². The summed E-state index contributed by atoms with van der Waals surface area (Å²) in [7, 11) is 0. The largest absolute Gasteiger partial charge is 0.454 e. The molecule has 1 saturated heterocycles. The lowest BCUT2D eigenvalue weighted by atomic mass is 9.88. The van der Waals surface area contributed by atoms with Crippen LogP contribution in [0.5, 0.6) is 11.5 Å². The van der Waals surface area contributed by atoms with Gasteiger partial charge in [-0.3, -0.25) is 4.79 Å². The first-order valence-corrected chi connectivity index (χ1v) is 9.21. The third-order valence-corrected chi connectivity index (χ3v) is 5.03. The van der Waals surface area contributed by atoms with Crippen molar-refractivity contribution in [3.63, 3.8) is 0 Å². The van der Waals surface area contributed by atoms with E-state index in [0.29, 0.717) is 23.7 Å². The maximum absolute atomic E-state index is 13.1. The molecule has 2 aliphatic rings. The Kier molecular flexibility index (Phi) is 4.85. The van der Waals surface area contributed by atoms with Gasteiger partial charge >= 0.3 is 0 Å². The first kappa shape index (κ1) is 17.0. The minimum absolute atomic E-state index is 0.0386. The van der Waals surface area contributed by atoms with Crippen LogP contribution in [0.15, 0.2) is 18.2 Å². The normalized spacial score (nSPS) is 26.5. The van der Waals surface area contributed by atoms with Crippen LogP contribution < -0.4 is 9.47 Å². The van der Waals surface area contributed by atoms with E-state index in [9.17, 15) is 4.79 Å². The van der Waals surface area contributed by atoms with Crippen molar-refractivity contribution >= 4 is 28.4 Å². The second-order valence-electron chi connectivity index (χ2n) is 6.80. The fraction of sp³-hybridized carbons (Fsp3) is 0.588. The summed E-state index contributed by atoms with van der Waals surface area (Å²) < 4.78 is 23.3. The van der Waals surface area contributed by atoms with Crippen molar-refractivity contribution in [3.05, 3.63) is 23.8 Å². The van der Waals surface area contributed by atoms with Gasteiger partial charge in [0.25, 0.3) is 0 Å². The SMILES string of the molecule is CC(C)(C)O[C@@H]1OC[C@H](CI)[C@H]1C(=O)c1ccc2c(c1)OCO2. The van der Waals surface area contributed by atoms with E-state index in [0.717, 1.165) is 4.43 Å². The zero-order valence-corrected chi connectivity index (χ0v) is 15.7. The van der Waals surface area contributed by atoms with Gasteiger partial charge in [0.15, 0.2) is 23.6 Å². The molecule has 1 aromatic carbocycles. The standard InChI is InChI=1S/C17H21IO5/c1-17(2,3)23-16-14(11(7-18)8-20-16)15(19)10-4-5-12-13(6-10)22-9-21-12/h4-6,11,14,16H,7-9H2,1-3H3/t11-,14-,16-/m0/s1. The van der Waals surface area contributed by atoms with E-state index in [1.807, 2.05) is 20.8 Å². The van der Waals surface area contributed by atoms with Crippen LogP contribution >= 0.6 is 22.6 Å².